The van der Waals surface area contributed by atoms with Gasteiger partial charge in [-0.05, 0) is 57.1 Å². The molecular formula is C16H24ClN3O. The standard InChI is InChI=1S/C16H24ClN3O/c1-20(12-13-4-3-8-18-11-13)9-7-16(21)19-15-6-2-5-14(17)10-15/h2,5-6,10,13,18H,3-4,7-9,11-12H2,1H3,(H,19,21). The van der Waals surface area contributed by atoms with Crippen LogP contribution in [0.5, 0.6) is 0 Å². The summed E-state index contributed by atoms with van der Waals surface area (Å²) in [6.45, 7) is 4.07. The average molecular weight is 310 g/mol. The van der Waals surface area contributed by atoms with Crippen molar-refractivity contribution >= 4 is 23.2 Å². The third-order valence-electron chi connectivity index (χ3n) is 3.80. The van der Waals surface area contributed by atoms with Gasteiger partial charge in [0.25, 0.3) is 0 Å². The number of rotatable bonds is 6. The Hall–Kier alpha value is -1.10. The highest BCUT2D eigenvalue weighted by Gasteiger charge is 2.15. The Labute approximate surface area is 131 Å². The first-order valence-corrected chi connectivity index (χ1v) is 7.96. The van der Waals surface area contributed by atoms with Gasteiger partial charge in [-0.25, -0.2) is 0 Å². The van der Waals surface area contributed by atoms with Crippen molar-refractivity contribution in [1.29, 1.82) is 0 Å². The zero-order chi connectivity index (χ0) is 15.1. The molecule has 1 fully saturated rings. The van der Waals surface area contributed by atoms with Crippen LogP contribution in [0.1, 0.15) is 19.3 Å². The summed E-state index contributed by atoms with van der Waals surface area (Å²) in [5, 5.41) is 6.94. The number of hydrogen-bond donors (Lipinski definition) is 2. The Bertz CT molecular complexity index is 461. The van der Waals surface area contributed by atoms with Crippen LogP contribution in [0.3, 0.4) is 0 Å². The fraction of sp³-hybridized carbons (Fsp3) is 0.562. The second-order valence-corrected chi connectivity index (χ2v) is 6.22. The molecule has 0 bridgehead atoms. The maximum absolute atomic E-state index is 11.9. The van der Waals surface area contributed by atoms with Gasteiger partial charge < -0.3 is 15.5 Å². The lowest BCUT2D eigenvalue weighted by atomic mass is 9.99. The van der Waals surface area contributed by atoms with Gasteiger partial charge in [-0.15, -0.1) is 0 Å². The first-order chi connectivity index (χ1) is 10.1. The van der Waals surface area contributed by atoms with Gasteiger partial charge >= 0.3 is 0 Å². The van der Waals surface area contributed by atoms with Crippen molar-refractivity contribution in [3.63, 3.8) is 0 Å². The summed E-state index contributed by atoms with van der Waals surface area (Å²) in [5.74, 6) is 0.741. The molecule has 1 aliphatic heterocycles. The molecule has 116 valence electrons. The number of halogens is 1. The van der Waals surface area contributed by atoms with Crippen LogP contribution in [0.15, 0.2) is 24.3 Å². The van der Waals surface area contributed by atoms with Gasteiger partial charge in [-0.2, -0.15) is 0 Å². The third kappa shape index (κ3) is 6.04. The molecule has 0 aromatic heterocycles. The molecule has 1 amide bonds. The van der Waals surface area contributed by atoms with Crippen LogP contribution in [0.2, 0.25) is 5.02 Å². The molecule has 21 heavy (non-hydrogen) atoms. The van der Waals surface area contributed by atoms with E-state index in [4.69, 9.17) is 11.6 Å². The molecule has 0 spiro atoms. The lowest BCUT2D eigenvalue weighted by Crippen LogP contribution is -2.37. The number of carbonyl (C=O) groups excluding carboxylic acids is 1. The van der Waals surface area contributed by atoms with E-state index in [1.54, 1.807) is 12.1 Å². The van der Waals surface area contributed by atoms with Crippen LogP contribution >= 0.6 is 11.6 Å². The van der Waals surface area contributed by atoms with E-state index in [1.807, 2.05) is 12.1 Å². The van der Waals surface area contributed by atoms with Crippen molar-refractivity contribution in [2.24, 2.45) is 5.92 Å². The monoisotopic (exact) mass is 309 g/mol. The quantitative estimate of drug-likeness (QED) is 0.849. The van der Waals surface area contributed by atoms with Crippen molar-refractivity contribution in [1.82, 2.24) is 10.2 Å². The minimum absolute atomic E-state index is 0.0332. The first kappa shape index (κ1) is 16.3. The average Bonchev–Trinajstić information content (AvgIpc) is 2.46. The molecule has 1 atom stereocenters. The van der Waals surface area contributed by atoms with Gasteiger partial charge in [0.1, 0.15) is 0 Å². The molecule has 0 radical (unpaired) electrons. The van der Waals surface area contributed by atoms with E-state index < -0.39 is 0 Å². The van der Waals surface area contributed by atoms with Crippen LogP contribution < -0.4 is 10.6 Å². The maximum Gasteiger partial charge on any atom is 0.225 e. The topological polar surface area (TPSA) is 44.4 Å². The molecule has 1 heterocycles. The summed E-state index contributed by atoms with van der Waals surface area (Å²) in [7, 11) is 2.08. The zero-order valence-corrected chi connectivity index (χ0v) is 13.3. The Kier molecular flexibility index (Phi) is 6.49. The normalized spacial score (nSPS) is 18.7. The third-order valence-corrected chi connectivity index (χ3v) is 4.03. The molecule has 0 saturated carbocycles. The molecule has 1 aliphatic rings. The predicted molar refractivity (Wildman–Crippen MR) is 87.8 cm³/mol. The highest BCUT2D eigenvalue weighted by atomic mass is 35.5. The van der Waals surface area contributed by atoms with Gasteiger partial charge in [-0.1, -0.05) is 17.7 Å². The van der Waals surface area contributed by atoms with Gasteiger partial charge in [0, 0.05) is 30.2 Å². The second kappa shape index (κ2) is 8.37. The van der Waals surface area contributed by atoms with E-state index in [9.17, 15) is 4.79 Å². The van der Waals surface area contributed by atoms with E-state index in [-0.39, 0.29) is 5.91 Å². The lowest BCUT2D eigenvalue weighted by molar-refractivity contribution is -0.116. The van der Waals surface area contributed by atoms with Crippen molar-refractivity contribution in [2.45, 2.75) is 19.3 Å². The highest BCUT2D eigenvalue weighted by molar-refractivity contribution is 6.30. The highest BCUT2D eigenvalue weighted by Crippen LogP contribution is 2.15. The molecular weight excluding hydrogens is 286 g/mol. The predicted octanol–water partition coefficient (Wildman–Crippen LogP) is 2.60. The summed E-state index contributed by atoms with van der Waals surface area (Å²) in [4.78, 5) is 14.2. The number of nitrogens with zero attached hydrogens (tertiary/aromatic N) is 1. The van der Waals surface area contributed by atoms with Crippen molar-refractivity contribution in [3.05, 3.63) is 29.3 Å². The first-order valence-electron chi connectivity index (χ1n) is 7.58. The molecule has 2 N–H and O–H groups in total. The molecule has 1 saturated heterocycles. The van der Waals surface area contributed by atoms with E-state index in [1.165, 1.54) is 12.8 Å². The van der Waals surface area contributed by atoms with Gasteiger partial charge in [0.2, 0.25) is 5.91 Å². The molecule has 4 nitrogen and oxygen atoms in total. The van der Waals surface area contributed by atoms with Gasteiger partial charge in [0.15, 0.2) is 0 Å². The van der Waals surface area contributed by atoms with E-state index in [0.717, 1.165) is 31.9 Å². The van der Waals surface area contributed by atoms with Crippen LogP contribution in [-0.4, -0.2) is 44.0 Å². The number of piperidine rings is 1. The number of amides is 1. The van der Waals surface area contributed by atoms with Crippen molar-refractivity contribution < 1.29 is 4.79 Å². The van der Waals surface area contributed by atoms with Crippen LogP contribution in [0.4, 0.5) is 5.69 Å². The minimum Gasteiger partial charge on any atom is -0.326 e. The molecule has 1 aromatic rings. The Balaban J connectivity index is 1.68. The van der Waals surface area contributed by atoms with E-state index in [0.29, 0.717) is 17.4 Å². The Morgan fingerprint density at radius 2 is 2.38 bits per heavy atom. The van der Waals surface area contributed by atoms with Crippen LogP contribution in [0, 0.1) is 5.92 Å². The van der Waals surface area contributed by atoms with Crippen LogP contribution in [0.25, 0.3) is 0 Å². The second-order valence-electron chi connectivity index (χ2n) is 5.78. The summed E-state index contributed by atoms with van der Waals surface area (Å²) in [6, 6.07) is 7.24. The minimum atomic E-state index is 0.0332. The SMILES string of the molecule is CN(CCC(=O)Nc1cccc(Cl)c1)CC1CCCNC1. The number of benzene rings is 1. The smallest absolute Gasteiger partial charge is 0.225 e. The Morgan fingerprint density at radius 3 is 3.10 bits per heavy atom. The summed E-state index contributed by atoms with van der Waals surface area (Å²) in [6.07, 6.45) is 3.04. The van der Waals surface area contributed by atoms with Crippen LogP contribution in [-0.2, 0) is 4.79 Å². The molecule has 1 unspecified atom stereocenters. The molecule has 1 aromatic carbocycles. The lowest BCUT2D eigenvalue weighted by Gasteiger charge is -2.27. The van der Waals surface area contributed by atoms with Gasteiger partial charge in [0.05, 0.1) is 0 Å². The number of nitrogens with one attached hydrogen (secondary N) is 2. The molecule has 2 rings (SSSR count). The summed E-state index contributed by atoms with van der Waals surface area (Å²) >= 11 is 5.90. The van der Waals surface area contributed by atoms with Crippen molar-refractivity contribution in [2.75, 3.05) is 38.5 Å². The van der Waals surface area contributed by atoms with E-state index in [2.05, 4.69) is 22.6 Å². The Morgan fingerprint density at radius 1 is 1.52 bits per heavy atom. The number of anilines is 1. The fourth-order valence-electron chi connectivity index (χ4n) is 2.69. The number of carbonyl (C=O) groups is 1. The summed E-state index contributed by atoms with van der Waals surface area (Å²) in [5.41, 5.74) is 0.756. The molecule has 0 aliphatic carbocycles. The summed E-state index contributed by atoms with van der Waals surface area (Å²) < 4.78 is 0. The van der Waals surface area contributed by atoms with E-state index >= 15 is 0 Å². The zero-order valence-electron chi connectivity index (χ0n) is 12.6. The largest absolute Gasteiger partial charge is 0.326 e. The molecule has 5 heteroatoms. The maximum atomic E-state index is 11.9. The number of hydrogen-bond acceptors (Lipinski definition) is 3. The van der Waals surface area contributed by atoms with Crippen molar-refractivity contribution in [3.8, 4) is 0 Å². The van der Waals surface area contributed by atoms with Gasteiger partial charge in [-0.3, -0.25) is 4.79 Å². The fourth-order valence-corrected chi connectivity index (χ4v) is 2.88.